The second kappa shape index (κ2) is 4.12. The topological polar surface area (TPSA) is 66.8 Å². The Morgan fingerprint density at radius 1 is 1.41 bits per heavy atom. The molecule has 0 aromatic heterocycles. The van der Waals surface area contributed by atoms with Crippen LogP contribution in [-0.2, 0) is 9.53 Å². The molecule has 1 heterocycles. The average Bonchev–Trinajstić information content (AvgIpc) is 2.38. The van der Waals surface area contributed by atoms with E-state index in [4.69, 9.17) is 9.84 Å². The maximum Gasteiger partial charge on any atom is 0.411 e. The molecule has 1 amide bonds. The Morgan fingerprint density at radius 2 is 1.94 bits per heavy atom. The lowest BCUT2D eigenvalue weighted by molar-refractivity contribution is -0.142. The van der Waals surface area contributed by atoms with Crippen LogP contribution in [0, 0.1) is 0 Å². The summed E-state index contributed by atoms with van der Waals surface area (Å²) in [6, 6.07) is -1.53. The molecule has 1 aliphatic rings. The van der Waals surface area contributed by atoms with Gasteiger partial charge < -0.3 is 9.84 Å². The molecule has 0 bridgehead atoms. The third-order valence-electron chi connectivity index (χ3n) is 2.18. The SMILES string of the molecule is CC(C)(C)OC(=O)N1CC(F)(F)C[C@@H]1C(=O)O. The number of carbonyl (C=O) groups is 2. The largest absolute Gasteiger partial charge is 0.480 e. The fourth-order valence-corrected chi connectivity index (χ4v) is 1.55. The number of nitrogens with zero attached hydrogens (tertiary/aromatic N) is 1. The van der Waals surface area contributed by atoms with Crippen molar-refractivity contribution in [3.05, 3.63) is 0 Å². The van der Waals surface area contributed by atoms with E-state index in [0.29, 0.717) is 4.90 Å². The van der Waals surface area contributed by atoms with Crippen molar-refractivity contribution in [2.45, 2.75) is 44.8 Å². The Bertz CT molecular complexity index is 338. The number of amides is 1. The van der Waals surface area contributed by atoms with E-state index in [9.17, 15) is 18.4 Å². The summed E-state index contributed by atoms with van der Waals surface area (Å²) in [6.45, 7) is 3.82. The number of halogens is 2. The maximum atomic E-state index is 13.1. The van der Waals surface area contributed by atoms with Crippen LogP contribution in [0.4, 0.5) is 13.6 Å². The molecule has 0 radical (unpaired) electrons. The van der Waals surface area contributed by atoms with Crippen molar-refractivity contribution in [1.82, 2.24) is 4.90 Å². The van der Waals surface area contributed by atoms with Gasteiger partial charge in [0.2, 0.25) is 0 Å². The number of carboxylic acids is 1. The standard InChI is InChI=1S/C10H15F2NO4/c1-9(2,3)17-8(16)13-5-10(11,12)4-6(13)7(14)15/h6H,4-5H2,1-3H3,(H,14,15)/t6-/m1/s1. The predicted molar refractivity (Wildman–Crippen MR) is 53.9 cm³/mol. The van der Waals surface area contributed by atoms with Crippen molar-refractivity contribution in [2.75, 3.05) is 6.54 Å². The van der Waals surface area contributed by atoms with Gasteiger partial charge in [0.1, 0.15) is 11.6 Å². The third-order valence-corrected chi connectivity index (χ3v) is 2.18. The summed E-state index contributed by atoms with van der Waals surface area (Å²) in [5.41, 5.74) is -0.849. The van der Waals surface area contributed by atoms with Crippen molar-refractivity contribution >= 4 is 12.1 Å². The van der Waals surface area contributed by atoms with E-state index < -0.39 is 42.6 Å². The van der Waals surface area contributed by atoms with E-state index in [0.717, 1.165) is 0 Å². The van der Waals surface area contributed by atoms with Gasteiger partial charge in [0.25, 0.3) is 5.92 Å². The van der Waals surface area contributed by atoms with Gasteiger partial charge in [0.15, 0.2) is 0 Å². The van der Waals surface area contributed by atoms with Crippen molar-refractivity contribution in [3.63, 3.8) is 0 Å². The molecule has 0 aliphatic carbocycles. The normalized spacial score (nSPS) is 23.6. The lowest BCUT2D eigenvalue weighted by Crippen LogP contribution is -2.43. The number of carboxylic acid groups (broad SMARTS) is 1. The van der Waals surface area contributed by atoms with Crippen LogP contribution in [0.25, 0.3) is 0 Å². The summed E-state index contributed by atoms with van der Waals surface area (Å²) in [7, 11) is 0. The Balaban J connectivity index is 2.81. The molecular weight excluding hydrogens is 236 g/mol. The molecule has 1 fully saturated rings. The van der Waals surface area contributed by atoms with E-state index in [-0.39, 0.29) is 0 Å². The monoisotopic (exact) mass is 251 g/mol. The number of rotatable bonds is 1. The molecular formula is C10H15F2NO4. The lowest BCUT2D eigenvalue weighted by atomic mass is 10.2. The Labute approximate surface area is 97.3 Å². The van der Waals surface area contributed by atoms with Crippen LogP contribution in [0.15, 0.2) is 0 Å². The molecule has 7 heteroatoms. The van der Waals surface area contributed by atoms with E-state index in [2.05, 4.69) is 0 Å². The first-order chi connectivity index (χ1) is 7.52. The van der Waals surface area contributed by atoms with Crippen LogP contribution in [0.5, 0.6) is 0 Å². The van der Waals surface area contributed by atoms with Gasteiger partial charge in [-0.2, -0.15) is 0 Å². The second-order valence-corrected chi connectivity index (χ2v) is 5.02. The van der Waals surface area contributed by atoms with Gasteiger partial charge in [-0.15, -0.1) is 0 Å². The number of carbonyl (C=O) groups excluding carboxylic acids is 1. The van der Waals surface area contributed by atoms with Gasteiger partial charge in [0.05, 0.1) is 6.54 Å². The predicted octanol–water partition coefficient (Wildman–Crippen LogP) is 1.72. The van der Waals surface area contributed by atoms with Crippen molar-refractivity contribution in [2.24, 2.45) is 0 Å². The summed E-state index contributed by atoms with van der Waals surface area (Å²) in [6.07, 6.45) is -1.90. The summed E-state index contributed by atoms with van der Waals surface area (Å²) < 4.78 is 31.1. The highest BCUT2D eigenvalue weighted by atomic mass is 19.3. The molecule has 1 saturated heterocycles. The lowest BCUT2D eigenvalue weighted by Gasteiger charge is -2.26. The molecule has 0 unspecified atom stereocenters. The number of ether oxygens (including phenoxy) is 1. The zero-order valence-corrected chi connectivity index (χ0v) is 9.87. The van der Waals surface area contributed by atoms with Gasteiger partial charge in [-0.25, -0.2) is 18.4 Å². The third kappa shape index (κ3) is 3.54. The molecule has 0 spiro atoms. The first-order valence-electron chi connectivity index (χ1n) is 5.12. The summed E-state index contributed by atoms with van der Waals surface area (Å²) in [5.74, 6) is -4.63. The molecule has 98 valence electrons. The smallest absolute Gasteiger partial charge is 0.411 e. The van der Waals surface area contributed by atoms with E-state index >= 15 is 0 Å². The fraction of sp³-hybridized carbons (Fsp3) is 0.800. The average molecular weight is 251 g/mol. The quantitative estimate of drug-likeness (QED) is 0.770. The Kier molecular flexibility index (Phi) is 3.31. The molecule has 17 heavy (non-hydrogen) atoms. The zero-order valence-electron chi connectivity index (χ0n) is 9.87. The van der Waals surface area contributed by atoms with Crippen LogP contribution >= 0.6 is 0 Å². The first kappa shape index (κ1) is 13.7. The summed E-state index contributed by atoms with van der Waals surface area (Å²) in [4.78, 5) is 22.9. The second-order valence-electron chi connectivity index (χ2n) is 5.02. The number of likely N-dealkylation sites (tertiary alicyclic amines) is 1. The number of alkyl halides is 2. The van der Waals surface area contributed by atoms with Gasteiger partial charge >= 0.3 is 12.1 Å². The molecule has 1 rings (SSSR count). The van der Waals surface area contributed by atoms with E-state index in [1.54, 1.807) is 20.8 Å². The minimum absolute atomic E-state index is 0.563. The van der Waals surface area contributed by atoms with Crippen LogP contribution in [0.3, 0.4) is 0 Å². The zero-order chi connectivity index (χ0) is 13.4. The van der Waals surface area contributed by atoms with Crippen molar-refractivity contribution < 1.29 is 28.2 Å². The highest BCUT2D eigenvalue weighted by molar-refractivity contribution is 5.81. The molecule has 1 atom stereocenters. The molecule has 0 aromatic carbocycles. The Hall–Kier alpha value is -1.40. The molecule has 0 saturated carbocycles. The fourth-order valence-electron chi connectivity index (χ4n) is 1.55. The molecule has 0 aromatic rings. The Morgan fingerprint density at radius 3 is 2.35 bits per heavy atom. The van der Waals surface area contributed by atoms with Gasteiger partial charge in [-0.3, -0.25) is 4.90 Å². The van der Waals surface area contributed by atoms with Crippen LogP contribution < -0.4 is 0 Å². The minimum atomic E-state index is -3.18. The first-order valence-corrected chi connectivity index (χ1v) is 5.12. The van der Waals surface area contributed by atoms with Gasteiger partial charge in [-0.05, 0) is 20.8 Å². The van der Waals surface area contributed by atoms with E-state index in [1.807, 2.05) is 0 Å². The van der Waals surface area contributed by atoms with Crippen molar-refractivity contribution in [1.29, 1.82) is 0 Å². The number of hydrogen-bond donors (Lipinski definition) is 1. The molecule has 1 N–H and O–H groups in total. The minimum Gasteiger partial charge on any atom is -0.480 e. The summed E-state index contributed by atoms with van der Waals surface area (Å²) in [5, 5.41) is 8.78. The summed E-state index contributed by atoms with van der Waals surface area (Å²) >= 11 is 0. The van der Waals surface area contributed by atoms with Crippen LogP contribution in [0.2, 0.25) is 0 Å². The molecule has 1 aliphatic heterocycles. The van der Waals surface area contributed by atoms with Crippen LogP contribution in [0.1, 0.15) is 27.2 Å². The van der Waals surface area contributed by atoms with Crippen molar-refractivity contribution in [3.8, 4) is 0 Å². The van der Waals surface area contributed by atoms with Gasteiger partial charge in [-0.1, -0.05) is 0 Å². The number of hydrogen-bond acceptors (Lipinski definition) is 3. The highest BCUT2D eigenvalue weighted by Crippen LogP contribution is 2.33. The van der Waals surface area contributed by atoms with Gasteiger partial charge in [0, 0.05) is 6.42 Å². The number of aliphatic carboxylic acids is 1. The highest BCUT2D eigenvalue weighted by Gasteiger charge is 2.51. The maximum absolute atomic E-state index is 13.1. The van der Waals surface area contributed by atoms with E-state index in [1.165, 1.54) is 0 Å². The van der Waals surface area contributed by atoms with Crippen LogP contribution in [-0.4, -0.2) is 46.2 Å². The molecule has 5 nitrogen and oxygen atoms in total.